The molecule has 21 heavy (non-hydrogen) atoms. The molecular weight excluding hydrogens is 313 g/mol. The number of anilines is 1. The number of rotatable bonds is 2. The van der Waals surface area contributed by atoms with Crippen LogP contribution in [0.25, 0.3) is 0 Å². The average molecular weight is 324 g/mol. The van der Waals surface area contributed by atoms with Gasteiger partial charge in [-0.05, 0) is 24.3 Å². The molecule has 0 saturated carbocycles. The van der Waals surface area contributed by atoms with Gasteiger partial charge in [-0.2, -0.15) is 0 Å². The minimum absolute atomic E-state index is 0.280. The molecule has 0 aromatic heterocycles. The smallest absolute Gasteiger partial charge is 0.196 e. The van der Waals surface area contributed by atoms with E-state index >= 15 is 0 Å². The maximum Gasteiger partial charge on any atom is 0.196 e. The van der Waals surface area contributed by atoms with Gasteiger partial charge >= 0.3 is 0 Å². The molecule has 2 aromatic carbocycles. The lowest BCUT2D eigenvalue weighted by molar-refractivity contribution is 0.103. The third kappa shape index (κ3) is 2.64. The van der Waals surface area contributed by atoms with Gasteiger partial charge < -0.3 is 15.2 Å². The van der Waals surface area contributed by atoms with Crippen molar-refractivity contribution in [3.8, 4) is 11.5 Å². The molecule has 4 nitrogen and oxygen atoms in total. The van der Waals surface area contributed by atoms with E-state index in [0.717, 1.165) is 0 Å². The van der Waals surface area contributed by atoms with Crippen LogP contribution in [0.5, 0.6) is 11.5 Å². The number of hydrogen-bond donors (Lipinski definition) is 1. The predicted molar refractivity (Wildman–Crippen MR) is 81.7 cm³/mol. The summed E-state index contributed by atoms with van der Waals surface area (Å²) in [6.07, 6.45) is 0. The lowest BCUT2D eigenvalue weighted by Gasteiger charge is -2.19. The van der Waals surface area contributed by atoms with Crippen molar-refractivity contribution < 1.29 is 14.3 Å². The molecule has 0 amide bonds. The van der Waals surface area contributed by atoms with Gasteiger partial charge in [0.1, 0.15) is 13.2 Å². The van der Waals surface area contributed by atoms with Gasteiger partial charge in [-0.3, -0.25) is 4.79 Å². The number of carbonyl (C=O) groups excluding carboxylic acids is 1. The van der Waals surface area contributed by atoms with Crippen LogP contribution in [-0.2, 0) is 0 Å². The molecule has 2 N–H and O–H groups in total. The average Bonchev–Trinajstić information content (AvgIpc) is 2.48. The number of nitrogens with two attached hydrogens (primary N) is 1. The highest BCUT2D eigenvalue weighted by molar-refractivity contribution is 6.38. The second kappa shape index (κ2) is 5.47. The maximum atomic E-state index is 12.6. The predicted octanol–water partition coefficient (Wildman–Crippen LogP) is 3.58. The van der Waals surface area contributed by atoms with E-state index in [1.54, 1.807) is 24.3 Å². The fraction of sp³-hybridized carbons (Fsp3) is 0.133. The quantitative estimate of drug-likeness (QED) is 0.677. The lowest BCUT2D eigenvalue weighted by Crippen LogP contribution is -2.16. The molecule has 3 rings (SSSR count). The van der Waals surface area contributed by atoms with Crippen LogP contribution in [0.3, 0.4) is 0 Å². The van der Waals surface area contributed by atoms with Crippen LogP contribution in [-0.4, -0.2) is 19.0 Å². The minimum Gasteiger partial charge on any atom is -0.486 e. The van der Waals surface area contributed by atoms with Gasteiger partial charge in [-0.1, -0.05) is 23.2 Å². The number of nitrogen functional groups attached to an aromatic ring is 1. The SMILES string of the molecule is Nc1ccc(Cl)c(C(=O)c2cc3c(cc2Cl)OCCO3)c1. The van der Waals surface area contributed by atoms with E-state index < -0.39 is 0 Å². The fourth-order valence-corrected chi connectivity index (χ4v) is 2.54. The molecule has 1 aliphatic heterocycles. The Morgan fingerprint density at radius 1 is 0.952 bits per heavy atom. The molecule has 0 saturated heterocycles. The van der Waals surface area contributed by atoms with Crippen LogP contribution in [0.1, 0.15) is 15.9 Å². The van der Waals surface area contributed by atoms with E-state index in [9.17, 15) is 4.79 Å². The first-order valence-electron chi connectivity index (χ1n) is 6.25. The minimum atomic E-state index is -0.311. The summed E-state index contributed by atoms with van der Waals surface area (Å²) in [5.41, 5.74) is 6.76. The van der Waals surface area contributed by atoms with E-state index in [4.69, 9.17) is 38.4 Å². The number of fused-ring (bicyclic) bond motifs is 1. The first kappa shape index (κ1) is 14.0. The Hall–Kier alpha value is -1.91. The molecule has 0 unspecified atom stereocenters. The monoisotopic (exact) mass is 323 g/mol. The summed E-state index contributed by atoms with van der Waals surface area (Å²) in [7, 11) is 0. The van der Waals surface area contributed by atoms with E-state index in [2.05, 4.69) is 0 Å². The zero-order valence-electron chi connectivity index (χ0n) is 10.9. The highest BCUT2D eigenvalue weighted by Crippen LogP contribution is 2.37. The van der Waals surface area contributed by atoms with Crippen molar-refractivity contribution in [2.75, 3.05) is 18.9 Å². The van der Waals surface area contributed by atoms with Crippen molar-refractivity contribution in [3.63, 3.8) is 0 Å². The zero-order valence-corrected chi connectivity index (χ0v) is 12.4. The third-order valence-corrected chi connectivity index (χ3v) is 3.75. The Kier molecular flexibility index (Phi) is 3.66. The largest absolute Gasteiger partial charge is 0.486 e. The van der Waals surface area contributed by atoms with Crippen LogP contribution in [0, 0.1) is 0 Å². The molecular formula is C15H11Cl2NO3. The number of ether oxygens (including phenoxy) is 2. The Morgan fingerprint density at radius 2 is 1.57 bits per heavy atom. The summed E-state index contributed by atoms with van der Waals surface area (Å²) < 4.78 is 10.9. The van der Waals surface area contributed by atoms with Crippen molar-refractivity contribution in [2.24, 2.45) is 0 Å². The van der Waals surface area contributed by atoms with Crippen molar-refractivity contribution in [1.29, 1.82) is 0 Å². The summed E-state index contributed by atoms with van der Waals surface area (Å²) in [4.78, 5) is 12.6. The molecule has 0 spiro atoms. The molecule has 108 valence electrons. The molecule has 1 aliphatic rings. The van der Waals surface area contributed by atoms with Crippen molar-refractivity contribution in [1.82, 2.24) is 0 Å². The summed E-state index contributed by atoms with van der Waals surface area (Å²) in [6, 6.07) is 7.88. The van der Waals surface area contributed by atoms with E-state index in [1.807, 2.05) is 0 Å². The van der Waals surface area contributed by atoms with Crippen LogP contribution < -0.4 is 15.2 Å². The summed E-state index contributed by atoms with van der Waals surface area (Å²) >= 11 is 12.2. The van der Waals surface area contributed by atoms with Gasteiger partial charge in [0.15, 0.2) is 17.3 Å². The topological polar surface area (TPSA) is 61.6 Å². The molecule has 0 fully saturated rings. The molecule has 2 aromatic rings. The molecule has 1 heterocycles. The number of benzene rings is 2. The molecule has 0 bridgehead atoms. The van der Waals surface area contributed by atoms with E-state index in [0.29, 0.717) is 46.5 Å². The molecule has 6 heteroatoms. The van der Waals surface area contributed by atoms with Crippen LogP contribution in [0.2, 0.25) is 10.0 Å². The van der Waals surface area contributed by atoms with Crippen molar-refractivity contribution in [3.05, 3.63) is 51.5 Å². The van der Waals surface area contributed by atoms with Gasteiger partial charge in [0.05, 0.1) is 10.0 Å². The number of hydrogen-bond acceptors (Lipinski definition) is 4. The van der Waals surface area contributed by atoms with Crippen LogP contribution in [0.4, 0.5) is 5.69 Å². The normalized spacial score (nSPS) is 13.0. The Balaban J connectivity index is 2.07. The van der Waals surface area contributed by atoms with Gasteiger partial charge in [-0.15, -0.1) is 0 Å². The summed E-state index contributed by atoms with van der Waals surface area (Å²) in [6.45, 7) is 0.888. The standard InChI is InChI=1S/C15H11Cl2NO3/c16-11-2-1-8(18)5-9(11)15(19)10-6-13-14(7-12(10)17)21-4-3-20-13/h1-2,5-7H,3-4,18H2. The molecule has 0 radical (unpaired) electrons. The highest BCUT2D eigenvalue weighted by Gasteiger charge is 2.21. The van der Waals surface area contributed by atoms with Gasteiger partial charge in [-0.25, -0.2) is 0 Å². The Labute approximate surface area is 131 Å². The highest BCUT2D eigenvalue weighted by atomic mass is 35.5. The zero-order chi connectivity index (χ0) is 15.0. The lowest BCUT2D eigenvalue weighted by atomic mass is 10.0. The van der Waals surface area contributed by atoms with Gasteiger partial charge in [0.25, 0.3) is 0 Å². The van der Waals surface area contributed by atoms with Gasteiger partial charge in [0, 0.05) is 22.9 Å². The first-order valence-corrected chi connectivity index (χ1v) is 7.01. The first-order chi connectivity index (χ1) is 10.1. The second-order valence-corrected chi connectivity index (χ2v) is 5.36. The van der Waals surface area contributed by atoms with Gasteiger partial charge in [0.2, 0.25) is 0 Å². The van der Waals surface area contributed by atoms with Crippen molar-refractivity contribution in [2.45, 2.75) is 0 Å². The summed E-state index contributed by atoms with van der Waals surface area (Å²) in [5.74, 6) is 0.713. The van der Waals surface area contributed by atoms with E-state index in [-0.39, 0.29) is 10.8 Å². The number of halogens is 2. The summed E-state index contributed by atoms with van der Waals surface area (Å²) in [5, 5.41) is 0.600. The van der Waals surface area contributed by atoms with Crippen LogP contribution in [0.15, 0.2) is 30.3 Å². The second-order valence-electron chi connectivity index (χ2n) is 4.54. The Bertz CT molecular complexity index is 731. The third-order valence-electron chi connectivity index (χ3n) is 3.11. The molecule has 0 aliphatic carbocycles. The van der Waals surface area contributed by atoms with Crippen molar-refractivity contribution >= 4 is 34.7 Å². The number of carbonyl (C=O) groups is 1. The molecule has 0 atom stereocenters. The fourth-order valence-electron chi connectivity index (χ4n) is 2.10. The van der Waals surface area contributed by atoms with E-state index in [1.165, 1.54) is 6.07 Å². The maximum absolute atomic E-state index is 12.6. The van der Waals surface area contributed by atoms with Crippen LogP contribution >= 0.6 is 23.2 Å². The Morgan fingerprint density at radius 3 is 2.29 bits per heavy atom. The number of ketones is 1.